The minimum absolute atomic E-state index is 0.126. The Hall–Kier alpha value is -2.02. The van der Waals surface area contributed by atoms with Crippen molar-refractivity contribution in [2.75, 3.05) is 13.1 Å². The Morgan fingerprint density at radius 3 is 2.89 bits per heavy atom. The lowest BCUT2D eigenvalue weighted by atomic mass is 10.1. The fourth-order valence-electron chi connectivity index (χ4n) is 2.10. The number of non-ortho nitro benzene ring substituents is 1. The maximum absolute atomic E-state index is 13.6. The molecule has 0 saturated carbocycles. The number of aliphatic hydroxyl groups is 1. The Morgan fingerprint density at radius 1 is 1.53 bits per heavy atom. The van der Waals surface area contributed by atoms with Crippen LogP contribution in [-0.4, -0.2) is 40.0 Å². The summed E-state index contributed by atoms with van der Waals surface area (Å²) in [4.78, 5) is 23.4. The van der Waals surface area contributed by atoms with Gasteiger partial charge in [0, 0.05) is 25.2 Å². The molecular formula is C12H13FN2O4. The van der Waals surface area contributed by atoms with Crippen LogP contribution in [0.3, 0.4) is 0 Å². The van der Waals surface area contributed by atoms with Crippen molar-refractivity contribution in [3.63, 3.8) is 0 Å². The van der Waals surface area contributed by atoms with Gasteiger partial charge in [0.05, 0.1) is 16.6 Å². The number of halogens is 1. The molecule has 19 heavy (non-hydrogen) atoms. The summed E-state index contributed by atoms with van der Waals surface area (Å²) in [6.07, 6.45) is 0.601. The number of likely N-dealkylation sites (tertiary alicyclic amines) is 1. The number of nitrogens with zero attached hydrogens (tertiary/aromatic N) is 2. The fraction of sp³-hybridized carbons (Fsp3) is 0.417. The smallest absolute Gasteiger partial charge is 0.270 e. The van der Waals surface area contributed by atoms with Crippen molar-refractivity contribution in [3.05, 3.63) is 39.7 Å². The van der Waals surface area contributed by atoms with Crippen LogP contribution in [0, 0.1) is 15.9 Å². The predicted octanol–water partition coefficient (Wildman–Crippen LogP) is 1.33. The maximum atomic E-state index is 13.6. The number of nitro benzene ring substituents is 1. The molecule has 6 nitrogen and oxygen atoms in total. The van der Waals surface area contributed by atoms with Gasteiger partial charge in [0.1, 0.15) is 5.82 Å². The number of β-amino-alcohol motifs (C(OH)–C–C–N with tert-alkyl or cyclic N) is 1. The van der Waals surface area contributed by atoms with Gasteiger partial charge in [-0.1, -0.05) is 0 Å². The number of benzene rings is 1. The van der Waals surface area contributed by atoms with Crippen LogP contribution in [0.25, 0.3) is 0 Å². The number of aliphatic hydroxyl groups excluding tert-OH is 1. The number of carbonyl (C=O) groups is 1. The Bertz CT molecular complexity index is 520. The molecule has 1 heterocycles. The first-order valence-electron chi connectivity index (χ1n) is 5.90. The standard InChI is InChI=1S/C12H13FN2O4/c13-11-4-3-8(15(18)19)6-10(11)12(17)14-5-1-2-9(16)7-14/h3-4,6,9,16H,1-2,5,7H2/t9-/m0/s1. The van der Waals surface area contributed by atoms with Gasteiger partial charge in [0.15, 0.2) is 0 Å². The highest BCUT2D eigenvalue weighted by Gasteiger charge is 2.26. The Morgan fingerprint density at radius 2 is 2.26 bits per heavy atom. The van der Waals surface area contributed by atoms with E-state index in [-0.39, 0.29) is 17.8 Å². The topological polar surface area (TPSA) is 83.7 Å². The van der Waals surface area contributed by atoms with E-state index in [1.165, 1.54) is 4.90 Å². The minimum Gasteiger partial charge on any atom is -0.391 e. The average Bonchev–Trinajstić information content (AvgIpc) is 2.38. The van der Waals surface area contributed by atoms with Gasteiger partial charge < -0.3 is 10.0 Å². The molecule has 1 aliphatic rings. The molecule has 1 atom stereocenters. The lowest BCUT2D eigenvalue weighted by molar-refractivity contribution is -0.384. The summed E-state index contributed by atoms with van der Waals surface area (Å²) < 4.78 is 13.6. The Kier molecular flexibility index (Phi) is 3.75. The third-order valence-electron chi connectivity index (χ3n) is 3.07. The molecule has 1 saturated heterocycles. The van der Waals surface area contributed by atoms with Gasteiger partial charge in [-0.25, -0.2) is 4.39 Å². The first-order valence-corrected chi connectivity index (χ1v) is 5.90. The molecule has 0 aromatic heterocycles. The maximum Gasteiger partial charge on any atom is 0.270 e. The monoisotopic (exact) mass is 268 g/mol. The summed E-state index contributed by atoms with van der Waals surface area (Å²) in [5.41, 5.74) is -0.661. The van der Waals surface area contributed by atoms with Gasteiger partial charge in [0.25, 0.3) is 11.6 Å². The van der Waals surface area contributed by atoms with E-state index in [2.05, 4.69) is 0 Å². The van der Waals surface area contributed by atoms with Gasteiger partial charge in [-0.2, -0.15) is 0 Å². The van der Waals surface area contributed by atoms with E-state index in [1.54, 1.807) is 0 Å². The summed E-state index contributed by atoms with van der Waals surface area (Å²) in [7, 11) is 0. The van der Waals surface area contributed by atoms with Crippen molar-refractivity contribution >= 4 is 11.6 Å². The number of nitro groups is 1. The van der Waals surface area contributed by atoms with E-state index < -0.39 is 22.8 Å². The number of piperidine rings is 1. The summed E-state index contributed by atoms with van der Waals surface area (Å²) >= 11 is 0. The molecular weight excluding hydrogens is 255 g/mol. The molecule has 0 spiro atoms. The third-order valence-corrected chi connectivity index (χ3v) is 3.07. The zero-order chi connectivity index (χ0) is 14.0. The average molecular weight is 268 g/mol. The summed E-state index contributed by atoms with van der Waals surface area (Å²) in [6, 6.07) is 2.85. The summed E-state index contributed by atoms with van der Waals surface area (Å²) in [6.45, 7) is 0.541. The molecule has 1 fully saturated rings. The van der Waals surface area contributed by atoms with Crippen LogP contribution in [-0.2, 0) is 0 Å². The van der Waals surface area contributed by atoms with E-state index in [0.29, 0.717) is 19.4 Å². The zero-order valence-corrected chi connectivity index (χ0v) is 10.1. The Balaban J connectivity index is 2.27. The highest BCUT2D eigenvalue weighted by Crippen LogP contribution is 2.20. The third kappa shape index (κ3) is 2.87. The fourth-order valence-corrected chi connectivity index (χ4v) is 2.10. The van der Waals surface area contributed by atoms with Crippen molar-refractivity contribution in [3.8, 4) is 0 Å². The van der Waals surface area contributed by atoms with Gasteiger partial charge in [0.2, 0.25) is 0 Å². The van der Waals surface area contributed by atoms with Gasteiger partial charge in [-0.3, -0.25) is 14.9 Å². The van der Waals surface area contributed by atoms with Crippen molar-refractivity contribution in [2.24, 2.45) is 0 Å². The van der Waals surface area contributed by atoms with Crippen LogP contribution < -0.4 is 0 Å². The van der Waals surface area contributed by atoms with Crippen LogP contribution in [0.4, 0.5) is 10.1 Å². The molecule has 0 radical (unpaired) electrons. The molecule has 7 heteroatoms. The molecule has 102 valence electrons. The van der Waals surface area contributed by atoms with Crippen LogP contribution in [0.1, 0.15) is 23.2 Å². The van der Waals surface area contributed by atoms with Gasteiger partial charge in [-0.05, 0) is 18.9 Å². The number of hydrogen-bond donors (Lipinski definition) is 1. The number of carbonyl (C=O) groups excluding carboxylic acids is 1. The predicted molar refractivity (Wildman–Crippen MR) is 64.2 cm³/mol. The van der Waals surface area contributed by atoms with Crippen molar-refractivity contribution < 1.29 is 19.2 Å². The second kappa shape index (κ2) is 5.31. The summed E-state index contributed by atoms with van der Waals surface area (Å²) in [5, 5.41) is 20.1. The van der Waals surface area contributed by atoms with E-state index in [1.807, 2.05) is 0 Å². The molecule has 1 aliphatic heterocycles. The molecule has 1 amide bonds. The van der Waals surface area contributed by atoms with Gasteiger partial charge >= 0.3 is 0 Å². The number of rotatable bonds is 2. The van der Waals surface area contributed by atoms with Crippen LogP contribution in [0.15, 0.2) is 18.2 Å². The van der Waals surface area contributed by atoms with Crippen molar-refractivity contribution in [1.29, 1.82) is 0 Å². The lowest BCUT2D eigenvalue weighted by Crippen LogP contribution is -2.42. The normalized spacial score (nSPS) is 19.3. The SMILES string of the molecule is O=C(c1cc([N+](=O)[O-])ccc1F)N1CCC[C@H](O)C1. The highest BCUT2D eigenvalue weighted by atomic mass is 19.1. The zero-order valence-electron chi connectivity index (χ0n) is 10.1. The summed E-state index contributed by atoms with van der Waals surface area (Å²) in [5.74, 6) is -1.42. The molecule has 2 rings (SSSR count). The lowest BCUT2D eigenvalue weighted by Gasteiger charge is -2.30. The first kappa shape index (κ1) is 13.4. The second-order valence-electron chi connectivity index (χ2n) is 4.47. The van der Waals surface area contributed by atoms with Crippen LogP contribution in [0.5, 0.6) is 0 Å². The molecule has 1 aromatic rings. The van der Waals surface area contributed by atoms with E-state index in [9.17, 15) is 24.4 Å². The first-order chi connectivity index (χ1) is 8.99. The molecule has 0 bridgehead atoms. The molecule has 1 aromatic carbocycles. The minimum atomic E-state index is -0.796. The van der Waals surface area contributed by atoms with E-state index in [0.717, 1.165) is 18.2 Å². The van der Waals surface area contributed by atoms with E-state index >= 15 is 0 Å². The van der Waals surface area contributed by atoms with Crippen molar-refractivity contribution in [2.45, 2.75) is 18.9 Å². The van der Waals surface area contributed by atoms with E-state index in [4.69, 9.17) is 0 Å². The molecule has 0 unspecified atom stereocenters. The van der Waals surface area contributed by atoms with Crippen molar-refractivity contribution in [1.82, 2.24) is 4.90 Å². The molecule has 0 aliphatic carbocycles. The number of hydrogen-bond acceptors (Lipinski definition) is 4. The quantitative estimate of drug-likeness (QED) is 0.648. The molecule has 1 N–H and O–H groups in total. The van der Waals surface area contributed by atoms with Crippen LogP contribution in [0.2, 0.25) is 0 Å². The van der Waals surface area contributed by atoms with Gasteiger partial charge in [-0.15, -0.1) is 0 Å². The highest BCUT2D eigenvalue weighted by molar-refractivity contribution is 5.95. The Labute approximate surface area is 108 Å². The number of amides is 1. The largest absolute Gasteiger partial charge is 0.391 e. The van der Waals surface area contributed by atoms with Crippen LogP contribution >= 0.6 is 0 Å². The second-order valence-corrected chi connectivity index (χ2v) is 4.47.